The van der Waals surface area contributed by atoms with Crippen LogP contribution >= 0.6 is 0 Å². The van der Waals surface area contributed by atoms with Gasteiger partial charge in [0.05, 0.1) is 5.92 Å². The fourth-order valence-electron chi connectivity index (χ4n) is 1.55. The molecule has 106 valence electrons. The maximum atomic E-state index is 12.1. The van der Waals surface area contributed by atoms with Crippen molar-refractivity contribution in [2.75, 3.05) is 26.2 Å². The molecular formula is C8H13F3N2O4S. The molecule has 1 unspecified atom stereocenters. The number of nitrogens with zero attached hydrogens (tertiary/aromatic N) is 2. The Balaban J connectivity index is 2.74. The van der Waals surface area contributed by atoms with Gasteiger partial charge in [0.15, 0.2) is 0 Å². The number of carboxylic acid groups (broad SMARTS) is 1. The molecule has 1 atom stereocenters. The van der Waals surface area contributed by atoms with Crippen LogP contribution in [0, 0.1) is 5.92 Å². The summed E-state index contributed by atoms with van der Waals surface area (Å²) in [5.74, 6) is -2.16. The van der Waals surface area contributed by atoms with Crippen molar-refractivity contribution in [3.63, 3.8) is 0 Å². The molecule has 10 heteroatoms. The molecular weight excluding hydrogens is 277 g/mol. The van der Waals surface area contributed by atoms with Crippen LogP contribution in [0.15, 0.2) is 0 Å². The topological polar surface area (TPSA) is 77.9 Å². The molecule has 1 heterocycles. The van der Waals surface area contributed by atoms with Crippen LogP contribution in [0.25, 0.3) is 0 Å². The van der Waals surface area contributed by atoms with Crippen molar-refractivity contribution in [1.29, 1.82) is 0 Å². The average molecular weight is 290 g/mol. The zero-order valence-electron chi connectivity index (χ0n) is 9.51. The van der Waals surface area contributed by atoms with E-state index in [9.17, 15) is 26.4 Å². The molecule has 18 heavy (non-hydrogen) atoms. The summed E-state index contributed by atoms with van der Waals surface area (Å²) in [6.45, 7) is -0.992. The zero-order valence-corrected chi connectivity index (χ0v) is 10.3. The highest BCUT2D eigenvalue weighted by Gasteiger charge is 2.43. The van der Waals surface area contributed by atoms with E-state index in [1.807, 2.05) is 0 Å². The van der Waals surface area contributed by atoms with Gasteiger partial charge in [-0.2, -0.15) is 30.2 Å². The molecule has 1 N–H and O–H groups in total. The van der Waals surface area contributed by atoms with Gasteiger partial charge in [0.1, 0.15) is 6.54 Å². The maximum Gasteiger partial charge on any atom is 0.402 e. The first-order chi connectivity index (χ1) is 8.04. The number of hydrogen-bond donors (Lipinski definition) is 1. The van der Waals surface area contributed by atoms with Crippen molar-refractivity contribution in [1.82, 2.24) is 8.61 Å². The molecule has 1 aliphatic rings. The second-order valence-electron chi connectivity index (χ2n) is 4.05. The first kappa shape index (κ1) is 15.2. The quantitative estimate of drug-likeness (QED) is 0.798. The Morgan fingerprint density at radius 1 is 1.33 bits per heavy atom. The van der Waals surface area contributed by atoms with Crippen LogP contribution in [0.4, 0.5) is 13.2 Å². The molecule has 1 saturated heterocycles. The van der Waals surface area contributed by atoms with Crippen molar-refractivity contribution in [2.24, 2.45) is 5.92 Å². The summed E-state index contributed by atoms with van der Waals surface area (Å²) < 4.78 is 60.9. The van der Waals surface area contributed by atoms with E-state index >= 15 is 0 Å². The minimum Gasteiger partial charge on any atom is -0.481 e. The summed E-state index contributed by atoms with van der Waals surface area (Å²) in [4.78, 5) is 10.6. The third kappa shape index (κ3) is 3.56. The summed E-state index contributed by atoms with van der Waals surface area (Å²) in [6, 6.07) is 0. The lowest BCUT2D eigenvalue weighted by molar-refractivity contribution is -0.141. The van der Waals surface area contributed by atoms with Crippen molar-refractivity contribution in [3.05, 3.63) is 0 Å². The van der Waals surface area contributed by atoms with E-state index < -0.39 is 34.8 Å². The van der Waals surface area contributed by atoms with Crippen molar-refractivity contribution >= 4 is 16.2 Å². The lowest BCUT2D eigenvalue weighted by Gasteiger charge is -2.20. The number of aliphatic carboxylic acids is 1. The Labute approximate surface area is 102 Å². The molecule has 0 aromatic rings. The smallest absolute Gasteiger partial charge is 0.402 e. The number of carbonyl (C=O) groups is 1. The lowest BCUT2D eigenvalue weighted by atomic mass is 10.2. The van der Waals surface area contributed by atoms with Gasteiger partial charge in [-0.3, -0.25) is 4.79 Å². The van der Waals surface area contributed by atoms with Crippen molar-refractivity contribution < 1.29 is 31.5 Å². The molecule has 0 radical (unpaired) electrons. The lowest BCUT2D eigenvalue weighted by Crippen LogP contribution is -2.40. The summed E-state index contributed by atoms with van der Waals surface area (Å²) in [7, 11) is -4.21. The number of rotatable bonds is 4. The van der Waals surface area contributed by atoms with E-state index in [1.54, 1.807) is 0 Å². The fourth-order valence-corrected chi connectivity index (χ4v) is 3.22. The standard InChI is InChI=1S/C8H13F3N2O4S/c1-6(7(14)15)4-12-2-3-13(18(12,16)17)5-8(9,10)11/h6H,2-5H2,1H3,(H,14,15). The third-order valence-electron chi connectivity index (χ3n) is 2.51. The summed E-state index contributed by atoms with van der Waals surface area (Å²) in [5, 5.41) is 8.65. The Morgan fingerprint density at radius 3 is 2.28 bits per heavy atom. The minimum atomic E-state index is -4.61. The second kappa shape index (κ2) is 5.02. The molecule has 0 aromatic heterocycles. The number of halogens is 3. The highest BCUT2D eigenvalue weighted by molar-refractivity contribution is 7.87. The average Bonchev–Trinajstić information content (AvgIpc) is 2.42. The van der Waals surface area contributed by atoms with E-state index in [1.165, 1.54) is 6.92 Å². The Hall–Kier alpha value is -0.870. The zero-order chi connectivity index (χ0) is 14.1. The highest BCUT2D eigenvalue weighted by Crippen LogP contribution is 2.24. The monoisotopic (exact) mass is 290 g/mol. The van der Waals surface area contributed by atoms with Crippen LogP contribution in [0.2, 0.25) is 0 Å². The Kier molecular flexibility index (Phi) is 4.23. The van der Waals surface area contributed by atoms with Crippen LogP contribution in [0.5, 0.6) is 0 Å². The van der Waals surface area contributed by atoms with E-state index in [0.717, 1.165) is 4.31 Å². The van der Waals surface area contributed by atoms with Crippen LogP contribution < -0.4 is 0 Å². The molecule has 0 spiro atoms. The second-order valence-corrected chi connectivity index (χ2v) is 5.98. The normalized spacial score (nSPS) is 23.1. The molecule has 0 aliphatic carbocycles. The Bertz CT molecular complexity index is 423. The van der Waals surface area contributed by atoms with E-state index in [4.69, 9.17) is 5.11 Å². The van der Waals surface area contributed by atoms with Gasteiger partial charge < -0.3 is 5.11 Å². The first-order valence-electron chi connectivity index (χ1n) is 5.09. The van der Waals surface area contributed by atoms with Gasteiger partial charge in [-0.05, 0) is 0 Å². The number of carboxylic acids is 1. The Morgan fingerprint density at radius 2 is 1.83 bits per heavy atom. The largest absolute Gasteiger partial charge is 0.481 e. The van der Waals surface area contributed by atoms with Gasteiger partial charge in [0.2, 0.25) is 0 Å². The maximum absolute atomic E-state index is 12.1. The molecule has 6 nitrogen and oxygen atoms in total. The van der Waals surface area contributed by atoms with Crippen molar-refractivity contribution in [2.45, 2.75) is 13.1 Å². The van der Waals surface area contributed by atoms with Gasteiger partial charge in [-0.1, -0.05) is 6.92 Å². The van der Waals surface area contributed by atoms with Gasteiger partial charge in [-0.25, -0.2) is 0 Å². The van der Waals surface area contributed by atoms with Crippen molar-refractivity contribution in [3.8, 4) is 0 Å². The number of alkyl halides is 3. The fraction of sp³-hybridized carbons (Fsp3) is 0.875. The van der Waals surface area contributed by atoms with Crippen LogP contribution in [0.1, 0.15) is 6.92 Å². The summed E-state index contributed by atoms with van der Waals surface area (Å²) >= 11 is 0. The predicted octanol–water partition coefficient (Wildman–Crippen LogP) is 0.132. The number of hydrogen-bond acceptors (Lipinski definition) is 3. The highest BCUT2D eigenvalue weighted by atomic mass is 32.2. The third-order valence-corrected chi connectivity index (χ3v) is 4.45. The van der Waals surface area contributed by atoms with Crippen LogP contribution in [-0.4, -0.2) is 60.5 Å². The molecule has 1 aliphatic heterocycles. The predicted molar refractivity (Wildman–Crippen MR) is 54.9 cm³/mol. The van der Waals surface area contributed by atoms with E-state index in [2.05, 4.69) is 0 Å². The molecule has 0 bridgehead atoms. The van der Waals surface area contributed by atoms with Gasteiger partial charge in [0.25, 0.3) is 10.2 Å². The van der Waals surface area contributed by atoms with E-state index in [-0.39, 0.29) is 19.6 Å². The van der Waals surface area contributed by atoms with Gasteiger partial charge in [-0.15, -0.1) is 0 Å². The summed E-state index contributed by atoms with van der Waals surface area (Å²) in [5.41, 5.74) is 0. The SMILES string of the molecule is CC(CN1CCN(CC(F)(F)F)S1(=O)=O)C(=O)O. The molecule has 0 amide bonds. The molecule has 0 aromatic carbocycles. The minimum absolute atomic E-state index is 0.129. The molecule has 1 fully saturated rings. The van der Waals surface area contributed by atoms with Crippen LogP contribution in [0.3, 0.4) is 0 Å². The van der Waals surface area contributed by atoms with Gasteiger partial charge in [0, 0.05) is 19.6 Å². The molecule has 1 rings (SSSR count). The summed E-state index contributed by atoms with van der Waals surface area (Å²) in [6.07, 6.45) is -4.61. The molecule has 0 saturated carbocycles. The van der Waals surface area contributed by atoms with Crippen LogP contribution in [-0.2, 0) is 15.0 Å². The van der Waals surface area contributed by atoms with E-state index in [0.29, 0.717) is 4.31 Å². The van der Waals surface area contributed by atoms with Gasteiger partial charge >= 0.3 is 12.1 Å². The first-order valence-corrected chi connectivity index (χ1v) is 6.48.